The lowest BCUT2D eigenvalue weighted by Crippen LogP contribution is -2.49. The zero-order valence-electron chi connectivity index (χ0n) is 14.9. The Morgan fingerprint density at radius 2 is 2.15 bits per heavy atom. The Balaban J connectivity index is 1.57. The van der Waals surface area contributed by atoms with Crippen molar-refractivity contribution in [2.75, 3.05) is 37.7 Å². The van der Waals surface area contributed by atoms with Crippen LogP contribution in [-0.2, 0) is 4.74 Å². The molecule has 1 saturated heterocycles. The second-order valence-corrected chi connectivity index (χ2v) is 7.26. The molecule has 7 nitrogen and oxygen atoms in total. The molecule has 0 aliphatic carbocycles. The van der Waals surface area contributed by atoms with Crippen LogP contribution in [0.5, 0.6) is 0 Å². The molecule has 3 aromatic heterocycles. The maximum absolute atomic E-state index is 11.9. The van der Waals surface area contributed by atoms with Crippen molar-refractivity contribution in [2.24, 2.45) is 0 Å². The summed E-state index contributed by atoms with van der Waals surface area (Å²) >= 11 is 1.64. The Kier molecular flexibility index (Phi) is 4.50. The molecule has 136 valence electrons. The van der Waals surface area contributed by atoms with Gasteiger partial charge in [-0.3, -0.25) is 0 Å². The zero-order chi connectivity index (χ0) is 18.1. The molecule has 0 spiro atoms. The highest BCUT2D eigenvalue weighted by molar-refractivity contribution is 7.09. The first-order valence-corrected chi connectivity index (χ1v) is 9.60. The van der Waals surface area contributed by atoms with Crippen LogP contribution in [0.3, 0.4) is 0 Å². The van der Waals surface area contributed by atoms with Crippen molar-refractivity contribution in [1.29, 1.82) is 0 Å². The summed E-state index contributed by atoms with van der Waals surface area (Å²) in [5.74, 6) is 0. The van der Waals surface area contributed by atoms with E-state index in [2.05, 4.69) is 31.3 Å². The highest BCUT2D eigenvalue weighted by Crippen LogP contribution is 2.31. The molecule has 0 bridgehead atoms. The molecule has 0 radical (unpaired) electrons. The van der Waals surface area contributed by atoms with Gasteiger partial charge in [-0.15, -0.1) is 11.3 Å². The third-order valence-electron chi connectivity index (χ3n) is 4.55. The Hall–Kier alpha value is -2.61. The van der Waals surface area contributed by atoms with Crippen LogP contribution in [0.25, 0.3) is 22.4 Å². The van der Waals surface area contributed by atoms with E-state index in [9.17, 15) is 4.79 Å². The minimum atomic E-state index is -0.227. The number of ether oxygens (including phenoxy) is 1. The summed E-state index contributed by atoms with van der Waals surface area (Å²) in [6.45, 7) is 7.10. The van der Waals surface area contributed by atoms with Gasteiger partial charge in [-0.25, -0.2) is 14.8 Å². The topological polar surface area (TPSA) is 74.3 Å². The van der Waals surface area contributed by atoms with Gasteiger partial charge in [0, 0.05) is 48.8 Å². The predicted molar refractivity (Wildman–Crippen MR) is 103 cm³/mol. The smallest absolute Gasteiger partial charge is 0.409 e. The second kappa shape index (κ2) is 6.95. The second-order valence-electron chi connectivity index (χ2n) is 6.20. The van der Waals surface area contributed by atoms with Gasteiger partial charge < -0.3 is 19.5 Å². The van der Waals surface area contributed by atoms with Gasteiger partial charge in [-0.2, -0.15) is 0 Å². The van der Waals surface area contributed by atoms with Crippen LogP contribution in [0.1, 0.15) is 11.9 Å². The van der Waals surface area contributed by atoms with E-state index in [0.717, 1.165) is 46.2 Å². The van der Waals surface area contributed by atoms with Gasteiger partial charge in [0.2, 0.25) is 0 Å². The van der Waals surface area contributed by atoms with Crippen LogP contribution in [0.4, 0.5) is 10.5 Å². The lowest BCUT2D eigenvalue weighted by atomic mass is 10.2. The number of rotatable bonds is 3. The van der Waals surface area contributed by atoms with E-state index in [-0.39, 0.29) is 6.09 Å². The third-order valence-corrected chi connectivity index (χ3v) is 5.32. The number of thiazole rings is 1. The van der Waals surface area contributed by atoms with Crippen molar-refractivity contribution in [3.05, 3.63) is 28.7 Å². The van der Waals surface area contributed by atoms with Crippen molar-refractivity contribution in [1.82, 2.24) is 19.9 Å². The number of pyridine rings is 1. The molecule has 0 unspecified atom stereocenters. The van der Waals surface area contributed by atoms with E-state index in [1.807, 2.05) is 26.1 Å². The van der Waals surface area contributed by atoms with E-state index >= 15 is 0 Å². The van der Waals surface area contributed by atoms with Crippen molar-refractivity contribution in [2.45, 2.75) is 13.8 Å². The first-order chi connectivity index (χ1) is 12.7. The molecule has 0 aromatic carbocycles. The van der Waals surface area contributed by atoms with Crippen molar-refractivity contribution in [3.8, 4) is 11.4 Å². The van der Waals surface area contributed by atoms with E-state index in [1.54, 1.807) is 16.2 Å². The van der Waals surface area contributed by atoms with Gasteiger partial charge in [0.05, 0.1) is 23.0 Å². The summed E-state index contributed by atoms with van der Waals surface area (Å²) in [7, 11) is 0. The average molecular weight is 371 g/mol. The molecule has 1 N–H and O–H groups in total. The summed E-state index contributed by atoms with van der Waals surface area (Å²) in [6.07, 6.45) is 1.59. The molecule has 4 heterocycles. The molecule has 1 amide bonds. The Morgan fingerprint density at radius 3 is 2.85 bits per heavy atom. The molecule has 8 heteroatoms. The summed E-state index contributed by atoms with van der Waals surface area (Å²) in [6, 6.07) is 4.15. The van der Waals surface area contributed by atoms with Crippen LogP contribution in [-0.4, -0.2) is 58.7 Å². The van der Waals surface area contributed by atoms with Crippen LogP contribution in [0, 0.1) is 6.92 Å². The van der Waals surface area contributed by atoms with Crippen LogP contribution in [0.2, 0.25) is 0 Å². The molecule has 0 saturated carbocycles. The molecule has 1 fully saturated rings. The molecule has 3 aromatic rings. The number of amides is 1. The minimum absolute atomic E-state index is 0.227. The number of aromatic nitrogens is 3. The molecule has 26 heavy (non-hydrogen) atoms. The number of anilines is 1. The Labute approximate surface area is 155 Å². The van der Waals surface area contributed by atoms with E-state index in [4.69, 9.17) is 4.74 Å². The number of piperazine rings is 1. The number of aromatic amines is 1. The number of H-pyrrole nitrogens is 1. The number of hydrogen-bond donors (Lipinski definition) is 1. The zero-order valence-corrected chi connectivity index (χ0v) is 15.7. The van der Waals surface area contributed by atoms with Crippen LogP contribution in [0.15, 0.2) is 23.7 Å². The number of nitrogens with one attached hydrogen (secondary N) is 1. The van der Waals surface area contributed by atoms with Gasteiger partial charge >= 0.3 is 6.09 Å². The fourth-order valence-electron chi connectivity index (χ4n) is 3.26. The predicted octanol–water partition coefficient (Wildman–Crippen LogP) is 3.27. The monoisotopic (exact) mass is 371 g/mol. The molecular formula is C18H21N5O2S. The maximum Gasteiger partial charge on any atom is 0.409 e. The van der Waals surface area contributed by atoms with Crippen molar-refractivity contribution < 1.29 is 9.53 Å². The maximum atomic E-state index is 11.9. The lowest BCUT2D eigenvalue weighted by molar-refractivity contribution is 0.105. The first kappa shape index (κ1) is 16.8. The first-order valence-electron chi connectivity index (χ1n) is 8.72. The quantitative estimate of drug-likeness (QED) is 0.765. The largest absolute Gasteiger partial charge is 0.450 e. The van der Waals surface area contributed by atoms with Crippen LogP contribution >= 0.6 is 11.3 Å². The highest BCUT2D eigenvalue weighted by Gasteiger charge is 2.23. The standard InChI is InChI=1S/C18H21N5O2S/c1-3-25-18(24)23-8-6-22(7-9-23)16-4-5-19-17-13(16)10-14(21-17)15-11-26-12(2)20-15/h4-5,10-11H,3,6-9H2,1-2H3,(H,19,21). The number of nitrogens with zero attached hydrogens (tertiary/aromatic N) is 4. The number of carbonyl (C=O) groups excluding carboxylic acids is 1. The molecule has 1 aliphatic rings. The summed E-state index contributed by atoms with van der Waals surface area (Å²) in [4.78, 5) is 28.3. The number of fused-ring (bicyclic) bond motifs is 1. The average Bonchev–Trinajstić information content (AvgIpc) is 3.27. The van der Waals surface area contributed by atoms with Crippen LogP contribution < -0.4 is 4.90 Å². The number of carbonyl (C=O) groups is 1. The van der Waals surface area contributed by atoms with Crippen molar-refractivity contribution in [3.63, 3.8) is 0 Å². The summed E-state index contributed by atoms with van der Waals surface area (Å²) in [5.41, 5.74) is 3.92. The Bertz CT molecular complexity index is 927. The molecule has 0 atom stereocenters. The Morgan fingerprint density at radius 1 is 1.35 bits per heavy atom. The van der Waals surface area contributed by atoms with Gasteiger partial charge in [0.25, 0.3) is 0 Å². The van der Waals surface area contributed by atoms with Gasteiger partial charge in [-0.05, 0) is 26.0 Å². The van der Waals surface area contributed by atoms with Crippen molar-refractivity contribution >= 4 is 34.2 Å². The summed E-state index contributed by atoms with van der Waals surface area (Å²) in [5, 5.41) is 4.18. The number of aryl methyl sites for hydroxylation is 1. The molecule has 1 aliphatic heterocycles. The van der Waals surface area contributed by atoms with Gasteiger partial charge in [0.15, 0.2) is 0 Å². The van der Waals surface area contributed by atoms with E-state index < -0.39 is 0 Å². The third kappa shape index (κ3) is 3.12. The number of hydrogen-bond acceptors (Lipinski definition) is 6. The fourth-order valence-corrected chi connectivity index (χ4v) is 3.87. The van der Waals surface area contributed by atoms with E-state index in [1.165, 1.54) is 0 Å². The molecule has 4 rings (SSSR count). The van der Waals surface area contributed by atoms with Gasteiger partial charge in [0.1, 0.15) is 5.65 Å². The molecular weight excluding hydrogens is 350 g/mol. The van der Waals surface area contributed by atoms with Gasteiger partial charge in [-0.1, -0.05) is 0 Å². The highest BCUT2D eigenvalue weighted by atomic mass is 32.1. The summed E-state index contributed by atoms with van der Waals surface area (Å²) < 4.78 is 5.09. The normalized spacial score (nSPS) is 14.8. The SMILES string of the molecule is CCOC(=O)N1CCN(c2ccnc3[nH]c(-c4csc(C)n4)cc23)CC1. The minimum Gasteiger partial charge on any atom is -0.450 e. The van der Waals surface area contributed by atoms with E-state index in [0.29, 0.717) is 19.7 Å². The lowest BCUT2D eigenvalue weighted by Gasteiger charge is -2.35. The fraction of sp³-hybridized carbons (Fsp3) is 0.389.